The maximum atomic E-state index is 13.8. The van der Waals surface area contributed by atoms with Gasteiger partial charge in [-0.15, -0.1) is 6.58 Å². The Bertz CT molecular complexity index is 1230. The second-order valence-corrected chi connectivity index (χ2v) is 10.3. The summed E-state index contributed by atoms with van der Waals surface area (Å²) < 4.78 is 6.27. The van der Waals surface area contributed by atoms with Crippen molar-refractivity contribution < 1.29 is 9.53 Å². The number of allylic oxidation sites excluding steroid dienone is 1. The highest BCUT2D eigenvalue weighted by Gasteiger charge is 2.50. The van der Waals surface area contributed by atoms with Gasteiger partial charge in [0.15, 0.2) is 0 Å². The zero-order valence-corrected chi connectivity index (χ0v) is 22.4. The predicted octanol–water partition coefficient (Wildman–Crippen LogP) is 7.59. The first-order chi connectivity index (χ1) is 18.6. The first-order valence-electron chi connectivity index (χ1n) is 13.8. The summed E-state index contributed by atoms with van der Waals surface area (Å²) >= 11 is 0. The summed E-state index contributed by atoms with van der Waals surface area (Å²) in [5.41, 5.74) is 3.73. The summed E-state index contributed by atoms with van der Waals surface area (Å²) in [5.74, 6) is 1.07. The maximum absolute atomic E-state index is 13.8. The van der Waals surface area contributed by atoms with Gasteiger partial charge in [-0.2, -0.15) is 5.26 Å². The molecule has 0 unspecified atom stereocenters. The number of ether oxygens (including phenoxy) is 1. The molecule has 2 atom stereocenters. The van der Waals surface area contributed by atoms with Crippen molar-refractivity contribution in [3.8, 4) is 22.9 Å². The molecule has 196 valence electrons. The molecule has 0 bridgehead atoms. The fraction of sp³-hybridized carbons (Fsp3) is 0.353. The minimum Gasteiger partial charge on any atom is -0.491 e. The predicted molar refractivity (Wildman–Crippen MR) is 154 cm³/mol. The van der Waals surface area contributed by atoms with Gasteiger partial charge in [-0.1, -0.05) is 80.4 Å². The molecule has 38 heavy (non-hydrogen) atoms. The lowest BCUT2D eigenvalue weighted by molar-refractivity contribution is -0.137. The van der Waals surface area contributed by atoms with Gasteiger partial charge in [0, 0.05) is 6.54 Å². The van der Waals surface area contributed by atoms with Crippen LogP contribution in [0.2, 0.25) is 0 Å². The Morgan fingerprint density at radius 1 is 1.03 bits per heavy atom. The average molecular weight is 507 g/mol. The first-order valence-corrected chi connectivity index (χ1v) is 13.8. The van der Waals surface area contributed by atoms with E-state index in [9.17, 15) is 4.79 Å². The Balaban J connectivity index is 1.44. The third-order valence-corrected chi connectivity index (χ3v) is 7.68. The van der Waals surface area contributed by atoms with Crippen molar-refractivity contribution in [2.45, 2.75) is 57.9 Å². The highest BCUT2D eigenvalue weighted by atomic mass is 16.5. The van der Waals surface area contributed by atoms with Crippen molar-refractivity contribution in [1.82, 2.24) is 4.90 Å². The van der Waals surface area contributed by atoms with Crippen LogP contribution in [0.25, 0.3) is 11.1 Å². The lowest BCUT2D eigenvalue weighted by atomic mass is 9.77. The molecule has 4 nitrogen and oxygen atoms in total. The van der Waals surface area contributed by atoms with Gasteiger partial charge in [-0.3, -0.25) is 4.79 Å². The summed E-state index contributed by atoms with van der Waals surface area (Å²) in [5, 5.41) is 9.03. The van der Waals surface area contributed by atoms with E-state index < -0.39 is 0 Å². The number of likely N-dealkylation sites (tertiary alicyclic amines) is 1. The summed E-state index contributed by atoms with van der Waals surface area (Å²) in [4.78, 5) is 15.9. The van der Waals surface area contributed by atoms with E-state index in [0.29, 0.717) is 12.2 Å². The Morgan fingerprint density at radius 2 is 1.71 bits per heavy atom. The number of nitriles is 1. The first kappa shape index (κ1) is 27.2. The van der Waals surface area contributed by atoms with Crippen LogP contribution in [0.1, 0.15) is 56.6 Å². The van der Waals surface area contributed by atoms with Crippen LogP contribution in [-0.4, -0.2) is 30.0 Å². The normalized spacial score (nSPS) is 18.8. The largest absolute Gasteiger partial charge is 0.491 e. The summed E-state index contributed by atoms with van der Waals surface area (Å²) in [6.45, 7) is 7.39. The Morgan fingerprint density at radius 3 is 2.34 bits per heavy atom. The summed E-state index contributed by atoms with van der Waals surface area (Å²) in [6.07, 6.45) is 8.36. The molecular weight excluding hydrogens is 468 g/mol. The van der Waals surface area contributed by atoms with E-state index in [0.717, 1.165) is 68.4 Å². The molecule has 4 rings (SSSR count). The Labute approximate surface area is 227 Å². The minimum atomic E-state index is -0.363. The number of rotatable bonds is 13. The maximum Gasteiger partial charge on any atom is 0.229 e. The summed E-state index contributed by atoms with van der Waals surface area (Å²) in [7, 11) is 0. The molecule has 0 radical (unpaired) electrons. The molecule has 0 spiro atoms. The van der Waals surface area contributed by atoms with Gasteiger partial charge in [-0.25, -0.2) is 0 Å². The molecular formula is C34H38N2O2. The van der Waals surface area contributed by atoms with E-state index >= 15 is 0 Å². The highest BCUT2D eigenvalue weighted by Crippen LogP contribution is 2.44. The van der Waals surface area contributed by atoms with Gasteiger partial charge in [-0.05, 0) is 73.1 Å². The van der Waals surface area contributed by atoms with Gasteiger partial charge >= 0.3 is 0 Å². The number of amides is 1. The van der Waals surface area contributed by atoms with E-state index in [1.165, 1.54) is 5.56 Å². The van der Waals surface area contributed by atoms with Crippen molar-refractivity contribution in [1.29, 1.82) is 5.26 Å². The molecule has 4 heteroatoms. The van der Waals surface area contributed by atoms with Gasteiger partial charge < -0.3 is 9.64 Å². The molecule has 3 aromatic carbocycles. The number of unbranched alkanes of at least 4 members (excludes halogenated alkanes) is 1. The highest BCUT2D eigenvalue weighted by molar-refractivity contribution is 5.85. The quantitative estimate of drug-likeness (QED) is 0.224. The van der Waals surface area contributed by atoms with Gasteiger partial charge in [0.05, 0.1) is 23.1 Å². The van der Waals surface area contributed by atoms with E-state index in [1.54, 1.807) is 0 Å². The monoisotopic (exact) mass is 506 g/mol. The van der Waals surface area contributed by atoms with Crippen molar-refractivity contribution in [2.75, 3.05) is 13.2 Å². The lowest BCUT2D eigenvalue weighted by Gasteiger charge is -2.27. The Kier molecular flexibility index (Phi) is 9.38. The SMILES string of the molecule is C=CC[C@]1(CCCC)C[C@@H](COc2ccc(-c3ccc(C#N)cc3)cc2)N(CCCc2ccccc2)C1=O. The molecule has 1 aliphatic rings. The fourth-order valence-corrected chi connectivity index (χ4v) is 5.60. The minimum absolute atomic E-state index is 0.0493. The van der Waals surface area contributed by atoms with Crippen molar-refractivity contribution in [3.63, 3.8) is 0 Å². The third kappa shape index (κ3) is 6.53. The number of hydrogen-bond acceptors (Lipinski definition) is 3. The molecule has 0 aliphatic carbocycles. The van der Waals surface area contributed by atoms with E-state index in [-0.39, 0.29) is 17.4 Å². The molecule has 1 heterocycles. The van der Waals surface area contributed by atoms with Gasteiger partial charge in [0.25, 0.3) is 0 Å². The van der Waals surface area contributed by atoms with E-state index in [4.69, 9.17) is 10.00 Å². The molecule has 1 aliphatic heterocycles. The molecule has 0 saturated carbocycles. The number of hydrogen-bond donors (Lipinski definition) is 0. The Hall–Kier alpha value is -3.84. The molecule has 1 saturated heterocycles. The lowest BCUT2D eigenvalue weighted by Crippen LogP contribution is -2.40. The standard InChI is InChI=1S/C34H38N2O2/c1-3-5-22-34(21-4-2)24-31(36(33(34)37)23-9-12-27-10-7-6-8-11-27)26-38-32-19-17-30(18-20-32)29-15-13-28(25-35)14-16-29/h4,6-8,10-11,13-20,31H,2-3,5,9,12,21-24,26H2,1H3/t31-,34-/m0/s1. The summed E-state index contributed by atoms with van der Waals surface area (Å²) in [6, 6.07) is 28.3. The smallest absolute Gasteiger partial charge is 0.229 e. The molecule has 3 aromatic rings. The van der Waals surface area contributed by atoms with Crippen LogP contribution in [0.5, 0.6) is 5.75 Å². The molecule has 1 fully saturated rings. The van der Waals surface area contributed by atoms with Crippen LogP contribution in [-0.2, 0) is 11.2 Å². The van der Waals surface area contributed by atoms with Crippen LogP contribution >= 0.6 is 0 Å². The van der Waals surface area contributed by atoms with Crippen LogP contribution in [0.4, 0.5) is 0 Å². The average Bonchev–Trinajstić information content (AvgIpc) is 3.22. The van der Waals surface area contributed by atoms with E-state index in [1.807, 2.05) is 60.7 Å². The zero-order chi connectivity index (χ0) is 26.8. The second-order valence-electron chi connectivity index (χ2n) is 10.3. The number of nitrogens with zero attached hydrogens (tertiary/aromatic N) is 2. The number of carbonyl (C=O) groups is 1. The van der Waals surface area contributed by atoms with Crippen LogP contribution < -0.4 is 4.74 Å². The van der Waals surface area contributed by atoms with Gasteiger partial charge in [0.1, 0.15) is 12.4 Å². The van der Waals surface area contributed by atoms with E-state index in [2.05, 4.69) is 48.7 Å². The van der Waals surface area contributed by atoms with Crippen molar-refractivity contribution >= 4 is 5.91 Å². The van der Waals surface area contributed by atoms with Crippen molar-refractivity contribution in [2.24, 2.45) is 5.41 Å². The molecule has 0 aromatic heterocycles. The molecule has 0 N–H and O–H groups in total. The van der Waals surface area contributed by atoms with Crippen molar-refractivity contribution in [3.05, 3.63) is 103 Å². The zero-order valence-electron chi connectivity index (χ0n) is 22.4. The topological polar surface area (TPSA) is 53.3 Å². The number of carbonyl (C=O) groups excluding carboxylic acids is 1. The van der Waals surface area contributed by atoms with Crippen LogP contribution in [0.15, 0.2) is 91.5 Å². The molecule has 1 amide bonds. The third-order valence-electron chi connectivity index (χ3n) is 7.68. The number of aryl methyl sites for hydroxylation is 1. The number of benzene rings is 3. The second kappa shape index (κ2) is 13.1. The van der Waals surface area contributed by atoms with Crippen LogP contribution in [0.3, 0.4) is 0 Å². The fourth-order valence-electron chi connectivity index (χ4n) is 5.60. The van der Waals surface area contributed by atoms with Gasteiger partial charge in [0.2, 0.25) is 5.91 Å². The van der Waals surface area contributed by atoms with Crippen LogP contribution in [0, 0.1) is 16.7 Å².